The van der Waals surface area contributed by atoms with E-state index in [1.807, 2.05) is 19.1 Å². The van der Waals surface area contributed by atoms with Gasteiger partial charge >= 0.3 is 0 Å². The topological polar surface area (TPSA) is 126 Å². The third kappa shape index (κ3) is 6.18. The second-order valence-corrected chi connectivity index (χ2v) is 10.5. The van der Waals surface area contributed by atoms with Crippen molar-refractivity contribution < 1.29 is 32.0 Å². The lowest BCUT2D eigenvalue weighted by Crippen LogP contribution is -2.58. The van der Waals surface area contributed by atoms with E-state index in [9.17, 15) is 22.8 Å². The SMILES string of the molecule is Cc1ccc(OCC(=O)N2CCN(C(=O)C(NC(=O)c3ccco3)S(=O)(=O)c3ccccc3)CC2)cc1. The van der Waals surface area contributed by atoms with Gasteiger partial charge in [0, 0.05) is 26.2 Å². The minimum absolute atomic E-state index is 0.102. The molecule has 0 radical (unpaired) electrons. The van der Waals surface area contributed by atoms with Gasteiger partial charge in [-0.25, -0.2) is 8.42 Å². The summed E-state index contributed by atoms with van der Waals surface area (Å²) in [4.78, 5) is 41.4. The van der Waals surface area contributed by atoms with Gasteiger partial charge in [0.05, 0.1) is 11.2 Å². The van der Waals surface area contributed by atoms with Crippen LogP contribution in [0.5, 0.6) is 5.75 Å². The summed E-state index contributed by atoms with van der Waals surface area (Å²) in [5.41, 5.74) is 1.08. The maximum absolute atomic E-state index is 13.4. The van der Waals surface area contributed by atoms with Crippen LogP contribution < -0.4 is 10.1 Å². The van der Waals surface area contributed by atoms with E-state index in [1.54, 1.807) is 23.1 Å². The van der Waals surface area contributed by atoms with Gasteiger partial charge in [-0.3, -0.25) is 14.4 Å². The van der Waals surface area contributed by atoms with Gasteiger partial charge in [0.1, 0.15) is 5.75 Å². The molecule has 4 rings (SSSR count). The van der Waals surface area contributed by atoms with Gasteiger partial charge < -0.3 is 24.3 Å². The molecule has 3 amide bonds. The van der Waals surface area contributed by atoms with E-state index in [4.69, 9.17) is 9.15 Å². The molecule has 1 saturated heterocycles. The van der Waals surface area contributed by atoms with E-state index in [0.717, 1.165) is 5.56 Å². The Morgan fingerprint density at radius 2 is 1.57 bits per heavy atom. The smallest absolute Gasteiger partial charge is 0.288 e. The number of carbonyl (C=O) groups excluding carboxylic acids is 3. The van der Waals surface area contributed by atoms with Crippen LogP contribution in [-0.2, 0) is 19.4 Å². The zero-order valence-electron chi connectivity index (χ0n) is 20.2. The molecule has 0 bridgehead atoms. The van der Waals surface area contributed by atoms with Gasteiger partial charge in [-0.05, 0) is 43.3 Å². The van der Waals surface area contributed by atoms with Crippen molar-refractivity contribution in [2.45, 2.75) is 17.2 Å². The van der Waals surface area contributed by atoms with Crippen LogP contribution in [0.4, 0.5) is 0 Å². The molecule has 2 aromatic carbocycles. The van der Waals surface area contributed by atoms with E-state index in [2.05, 4.69) is 5.32 Å². The molecule has 0 saturated carbocycles. The number of rotatable bonds is 8. The molecule has 3 aromatic rings. The summed E-state index contributed by atoms with van der Waals surface area (Å²) in [6.07, 6.45) is 1.27. The number of sulfone groups is 1. The Balaban J connectivity index is 1.42. The van der Waals surface area contributed by atoms with Crippen molar-refractivity contribution in [3.8, 4) is 5.75 Å². The molecule has 1 N–H and O–H groups in total. The summed E-state index contributed by atoms with van der Waals surface area (Å²) < 4.78 is 37.3. The van der Waals surface area contributed by atoms with Crippen LogP contribution in [0.3, 0.4) is 0 Å². The number of hydrogen-bond donors (Lipinski definition) is 1. The third-order valence-electron chi connectivity index (χ3n) is 5.94. The summed E-state index contributed by atoms with van der Waals surface area (Å²) in [7, 11) is -4.27. The van der Waals surface area contributed by atoms with Crippen molar-refractivity contribution in [3.05, 3.63) is 84.3 Å². The molecule has 1 atom stereocenters. The first-order chi connectivity index (χ1) is 17.8. The van der Waals surface area contributed by atoms with E-state index in [0.29, 0.717) is 5.75 Å². The minimum atomic E-state index is -4.27. The molecular weight excluding hydrogens is 498 g/mol. The highest BCUT2D eigenvalue weighted by Gasteiger charge is 2.40. The van der Waals surface area contributed by atoms with E-state index in [1.165, 1.54) is 47.6 Å². The van der Waals surface area contributed by atoms with E-state index in [-0.39, 0.29) is 49.3 Å². The van der Waals surface area contributed by atoms with Gasteiger partial charge in [0.25, 0.3) is 17.7 Å². The standard InChI is InChI=1S/C26H27N3O7S/c1-19-9-11-20(12-10-19)36-18-23(30)28-13-15-29(16-14-28)26(32)25(27-24(31)22-8-5-17-35-22)37(33,34)21-6-3-2-4-7-21/h2-12,17,25H,13-16,18H2,1H3,(H,27,31). The van der Waals surface area contributed by atoms with Crippen molar-refractivity contribution in [3.63, 3.8) is 0 Å². The number of nitrogens with zero attached hydrogens (tertiary/aromatic N) is 2. The average Bonchev–Trinajstić information content (AvgIpc) is 3.47. The Labute approximate surface area is 214 Å². The number of ether oxygens (including phenoxy) is 1. The number of amides is 3. The van der Waals surface area contributed by atoms with Crippen LogP contribution in [0.2, 0.25) is 0 Å². The van der Waals surface area contributed by atoms with Crippen molar-refractivity contribution in [2.75, 3.05) is 32.8 Å². The number of hydrogen-bond acceptors (Lipinski definition) is 7. The van der Waals surface area contributed by atoms with Crippen molar-refractivity contribution in [1.29, 1.82) is 0 Å². The maximum atomic E-state index is 13.4. The maximum Gasteiger partial charge on any atom is 0.288 e. The first-order valence-corrected chi connectivity index (χ1v) is 13.2. The first-order valence-electron chi connectivity index (χ1n) is 11.6. The second-order valence-electron chi connectivity index (χ2n) is 8.50. The Bertz CT molecular complexity index is 1330. The van der Waals surface area contributed by atoms with Crippen molar-refractivity contribution >= 4 is 27.6 Å². The summed E-state index contributed by atoms with van der Waals surface area (Å²) in [6.45, 7) is 2.41. The number of furan rings is 1. The van der Waals surface area contributed by atoms with Crippen LogP contribution >= 0.6 is 0 Å². The van der Waals surface area contributed by atoms with Gasteiger partial charge in [-0.15, -0.1) is 0 Å². The Morgan fingerprint density at radius 1 is 0.919 bits per heavy atom. The highest BCUT2D eigenvalue weighted by molar-refractivity contribution is 7.92. The molecule has 194 valence electrons. The fourth-order valence-corrected chi connectivity index (χ4v) is 5.31. The molecule has 2 heterocycles. The normalized spacial score (nSPS) is 14.6. The molecule has 1 aliphatic rings. The zero-order valence-corrected chi connectivity index (χ0v) is 21.0. The average molecular weight is 526 g/mol. The van der Waals surface area contributed by atoms with Crippen LogP contribution in [-0.4, -0.2) is 74.1 Å². The quantitative estimate of drug-likeness (QED) is 0.476. The summed E-state index contributed by atoms with van der Waals surface area (Å²) in [5, 5.41) is 0.458. The molecular formula is C26H27N3O7S. The number of benzene rings is 2. The van der Waals surface area contributed by atoms with Crippen LogP contribution in [0.25, 0.3) is 0 Å². The summed E-state index contributed by atoms with van der Waals surface area (Å²) in [6, 6.07) is 17.6. The minimum Gasteiger partial charge on any atom is -0.484 e. The van der Waals surface area contributed by atoms with Crippen LogP contribution in [0, 0.1) is 6.92 Å². The summed E-state index contributed by atoms with van der Waals surface area (Å²) >= 11 is 0. The lowest BCUT2D eigenvalue weighted by atomic mass is 10.2. The third-order valence-corrected chi connectivity index (χ3v) is 7.81. The molecule has 1 unspecified atom stereocenters. The lowest BCUT2D eigenvalue weighted by molar-refractivity contribution is -0.140. The Kier molecular flexibility index (Phi) is 7.92. The van der Waals surface area contributed by atoms with Gasteiger partial charge in [-0.2, -0.15) is 0 Å². The second kappa shape index (κ2) is 11.3. The molecule has 0 spiro atoms. The predicted octanol–water partition coefficient (Wildman–Crippen LogP) is 1.87. The number of aryl methyl sites for hydroxylation is 1. The largest absolute Gasteiger partial charge is 0.484 e. The van der Waals surface area contributed by atoms with Gasteiger partial charge in [0.15, 0.2) is 12.4 Å². The Hall–Kier alpha value is -4.12. The highest BCUT2D eigenvalue weighted by atomic mass is 32.2. The molecule has 37 heavy (non-hydrogen) atoms. The molecule has 1 fully saturated rings. The zero-order chi connectivity index (χ0) is 26.4. The predicted molar refractivity (Wildman–Crippen MR) is 133 cm³/mol. The number of carbonyl (C=O) groups is 3. The molecule has 0 aliphatic carbocycles. The monoisotopic (exact) mass is 525 g/mol. The fourth-order valence-electron chi connectivity index (χ4n) is 3.83. The first kappa shape index (κ1) is 26.0. The Morgan fingerprint density at radius 3 is 2.19 bits per heavy atom. The van der Waals surface area contributed by atoms with E-state index >= 15 is 0 Å². The summed E-state index contributed by atoms with van der Waals surface area (Å²) in [5.74, 6) is -1.40. The highest BCUT2D eigenvalue weighted by Crippen LogP contribution is 2.18. The van der Waals surface area contributed by atoms with Crippen LogP contribution in [0.1, 0.15) is 16.1 Å². The van der Waals surface area contributed by atoms with Crippen LogP contribution in [0.15, 0.2) is 82.3 Å². The molecule has 11 heteroatoms. The lowest BCUT2D eigenvalue weighted by Gasteiger charge is -2.36. The van der Waals surface area contributed by atoms with Crippen molar-refractivity contribution in [2.24, 2.45) is 0 Å². The van der Waals surface area contributed by atoms with Crippen molar-refractivity contribution in [1.82, 2.24) is 15.1 Å². The molecule has 10 nitrogen and oxygen atoms in total. The van der Waals surface area contributed by atoms with E-state index < -0.39 is 27.0 Å². The van der Waals surface area contributed by atoms with Gasteiger partial charge in [0.2, 0.25) is 15.2 Å². The number of piperazine rings is 1. The fraction of sp³-hybridized carbons (Fsp3) is 0.269. The number of nitrogens with one attached hydrogen (secondary N) is 1. The molecule has 1 aromatic heterocycles. The van der Waals surface area contributed by atoms with Gasteiger partial charge in [-0.1, -0.05) is 35.9 Å². The molecule has 1 aliphatic heterocycles.